The van der Waals surface area contributed by atoms with E-state index in [2.05, 4.69) is 24.4 Å². The molecule has 2 aromatic rings. The van der Waals surface area contributed by atoms with Crippen molar-refractivity contribution in [3.8, 4) is 5.75 Å². The molecule has 0 saturated carbocycles. The van der Waals surface area contributed by atoms with Crippen molar-refractivity contribution in [1.29, 1.82) is 0 Å². The summed E-state index contributed by atoms with van der Waals surface area (Å²) < 4.78 is 17.9. The Labute approximate surface area is 119 Å². The third-order valence-electron chi connectivity index (χ3n) is 3.27. The van der Waals surface area contributed by atoms with E-state index in [4.69, 9.17) is 4.74 Å². The van der Waals surface area contributed by atoms with E-state index in [1.54, 1.807) is 7.11 Å². The van der Waals surface area contributed by atoms with E-state index in [-0.39, 0.29) is 5.82 Å². The summed E-state index contributed by atoms with van der Waals surface area (Å²) in [4.78, 5) is 0. The summed E-state index contributed by atoms with van der Waals surface area (Å²) in [6, 6.07) is 15.1. The van der Waals surface area contributed by atoms with Crippen molar-refractivity contribution < 1.29 is 9.13 Å². The third-order valence-corrected chi connectivity index (χ3v) is 3.27. The Morgan fingerprint density at radius 2 is 1.60 bits per heavy atom. The van der Waals surface area contributed by atoms with E-state index in [9.17, 15) is 4.39 Å². The lowest BCUT2D eigenvalue weighted by Gasteiger charge is -2.14. The van der Waals surface area contributed by atoms with Crippen LogP contribution in [0, 0.1) is 5.82 Å². The lowest BCUT2D eigenvalue weighted by molar-refractivity contribution is 0.414. The molecular formula is C17H20FNO. The first kappa shape index (κ1) is 14.5. The molecule has 0 bridgehead atoms. The lowest BCUT2D eigenvalue weighted by Crippen LogP contribution is -2.27. The number of nitrogens with one attached hydrogen (secondary N) is 1. The van der Waals surface area contributed by atoms with Gasteiger partial charge >= 0.3 is 0 Å². The molecule has 1 N–H and O–H groups in total. The van der Waals surface area contributed by atoms with Gasteiger partial charge in [0.1, 0.15) is 11.6 Å². The Bertz CT molecular complexity index is 522. The number of ether oxygens (including phenoxy) is 1. The zero-order chi connectivity index (χ0) is 14.4. The minimum absolute atomic E-state index is 0.194. The predicted octanol–water partition coefficient (Wildman–Crippen LogP) is 3.56. The van der Waals surface area contributed by atoms with Crippen LogP contribution in [0.4, 0.5) is 4.39 Å². The number of hydrogen-bond donors (Lipinski definition) is 1. The van der Waals surface area contributed by atoms with Gasteiger partial charge in [0.05, 0.1) is 7.11 Å². The smallest absolute Gasteiger partial charge is 0.123 e. The highest BCUT2D eigenvalue weighted by Crippen LogP contribution is 2.13. The summed E-state index contributed by atoms with van der Waals surface area (Å²) in [5, 5.41) is 3.44. The van der Waals surface area contributed by atoms with Crippen molar-refractivity contribution >= 4 is 0 Å². The molecule has 1 atom stereocenters. The van der Waals surface area contributed by atoms with E-state index in [0.29, 0.717) is 6.04 Å². The highest BCUT2D eigenvalue weighted by atomic mass is 19.1. The Morgan fingerprint density at radius 3 is 2.20 bits per heavy atom. The second-order valence-electron chi connectivity index (χ2n) is 4.96. The van der Waals surface area contributed by atoms with Gasteiger partial charge in [-0.3, -0.25) is 0 Å². The largest absolute Gasteiger partial charge is 0.497 e. The van der Waals surface area contributed by atoms with Crippen molar-refractivity contribution in [2.75, 3.05) is 7.11 Å². The average Bonchev–Trinajstić information content (AvgIpc) is 2.47. The minimum Gasteiger partial charge on any atom is -0.497 e. The van der Waals surface area contributed by atoms with Gasteiger partial charge in [-0.1, -0.05) is 24.3 Å². The number of rotatable bonds is 6. The molecule has 0 heterocycles. The summed E-state index contributed by atoms with van der Waals surface area (Å²) >= 11 is 0. The van der Waals surface area contributed by atoms with E-state index in [1.165, 1.54) is 17.7 Å². The molecule has 0 unspecified atom stereocenters. The number of benzene rings is 2. The van der Waals surface area contributed by atoms with Crippen molar-refractivity contribution in [3.05, 3.63) is 65.5 Å². The molecule has 2 nitrogen and oxygen atoms in total. The fourth-order valence-electron chi connectivity index (χ4n) is 2.08. The fourth-order valence-corrected chi connectivity index (χ4v) is 2.08. The predicted molar refractivity (Wildman–Crippen MR) is 79.4 cm³/mol. The van der Waals surface area contributed by atoms with Crippen LogP contribution in [0.5, 0.6) is 5.75 Å². The second kappa shape index (κ2) is 7.06. The minimum atomic E-state index is -0.194. The molecule has 0 amide bonds. The molecule has 20 heavy (non-hydrogen) atoms. The van der Waals surface area contributed by atoms with E-state index < -0.39 is 0 Å². The summed E-state index contributed by atoms with van der Waals surface area (Å²) in [6.45, 7) is 2.89. The SMILES string of the molecule is COc1ccc(C[C@@H](C)NCc2ccc(F)cc2)cc1. The van der Waals surface area contributed by atoms with Crippen LogP contribution in [0.2, 0.25) is 0 Å². The Morgan fingerprint density at radius 1 is 1.00 bits per heavy atom. The Hall–Kier alpha value is -1.87. The second-order valence-corrected chi connectivity index (χ2v) is 4.96. The molecule has 2 rings (SSSR count). The summed E-state index contributed by atoms with van der Waals surface area (Å²) in [5.41, 5.74) is 2.36. The zero-order valence-electron chi connectivity index (χ0n) is 11.9. The topological polar surface area (TPSA) is 21.3 Å². The van der Waals surface area contributed by atoms with E-state index >= 15 is 0 Å². The van der Waals surface area contributed by atoms with E-state index in [0.717, 1.165) is 24.3 Å². The summed E-state index contributed by atoms with van der Waals surface area (Å²) in [6.07, 6.45) is 0.950. The number of methoxy groups -OCH3 is 1. The molecule has 0 fully saturated rings. The van der Waals surface area contributed by atoms with Crippen LogP contribution in [0.25, 0.3) is 0 Å². The van der Waals surface area contributed by atoms with Crippen molar-refractivity contribution in [1.82, 2.24) is 5.32 Å². The third kappa shape index (κ3) is 4.35. The van der Waals surface area contributed by atoms with Gasteiger partial charge in [0.15, 0.2) is 0 Å². The zero-order valence-corrected chi connectivity index (χ0v) is 11.9. The molecule has 0 aliphatic heterocycles. The summed E-state index contributed by atoms with van der Waals surface area (Å²) in [7, 11) is 1.67. The Kier molecular flexibility index (Phi) is 5.13. The van der Waals surface area contributed by atoms with Crippen LogP contribution in [-0.4, -0.2) is 13.2 Å². The standard InChI is InChI=1S/C17H20FNO/c1-13(11-14-5-9-17(20-2)10-6-14)19-12-15-3-7-16(18)8-4-15/h3-10,13,19H,11-12H2,1-2H3/t13-/m1/s1. The maximum absolute atomic E-state index is 12.8. The molecule has 2 aromatic carbocycles. The highest BCUT2D eigenvalue weighted by Gasteiger charge is 2.04. The quantitative estimate of drug-likeness (QED) is 0.869. The van der Waals surface area contributed by atoms with Gasteiger partial charge in [-0.25, -0.2) is 4.39 Å². The van der Waals surface area contributed by atoms with Crippen LogP contribution in [0.15, 0.2) is 48.5 Å². The van der Waals surface area contributed by atoms with Gasteiger partial charge in [-0.05, 0) is 48.7 Å². The molecule has 0 aliphatic carbocycles. The van der Waals surface area contributed by atoms with Gasteiger partial charge in [0.2, 0.25) is 0 Å². The van der Waals surface area contributed by atoms with Crippen LogP contribution in [0.3, 0.4) is 0 Å². The normalized spacial score (nSPS) is 12.2. The first-order chi connectivity index (χ1) is 9.67. The average molecular weight is 273 g/mol. The van der Waals surface area contributed by atoms with Crippen LogP contribution in [-0.2, 0) is 13.0 Å². The van der Waals surface area contributed by atoms with E-state index in [1.807, 2.05) is 24.3 Å². The number of hydrogen-bond acceptors (Lipinski definition) is 2. The molecule has 0 saturated heterocycles. The lowest BCUT2D eigenvalue weighted by atomic mass is 10.1. The van der Waals surface area contributed by atoms with Gasteiger partial charge < -0.3 is 10.1 Å². The first-order valence-corrected chi connectivity index (χ1v) is 6.78. The van der Waals surface area contributed by atoms with Crippen molar-refractivity contribution in [2.24, 2.45) is 0 Å². The maximum Gasteiger partial charge on any atom is 0.123 e. The molecule has 106 valence electrons. The maximum atomic E-state index is 12.8. The van der Waals surface area contributed by atoms with Gasteiger partial charge in [0, 0.05) is 12.6 Å². The van der Waals surface area contributed by atoms with Gasteiger partial charge in [-0.15, -0.1) is 0 Å². The van der Waals surface area contributed by atoms with Crippen LogP contribution < -0.4 is 10.1 Å². The monoisotopic (exact) mass is 273 g/mol. The highest BCUT2D eigenvalue weighted by molar-refractivity contribution is 5.27. The van der Waals surface area contributed by atoms with Crippen molar-refractivity contribution in [2.45, 2.75) is 25.9 Å². The first-order valence-electron chi connectivity index (χ1n) is 6.78. The number of halogens is 1. The van der Waals surface area contributed by atoms with Crippen LogP contribution in [0.1, 0.15) is 18.1 Å². The molecule has 0 aliphatic rings. The molecule has 0 aromatic heterocycles. The Balaban J connectivity index is 1.82. The van der Waals surface area contributed by atoms with Gasteiger partial charge in [-0.2, -0.15) is 0 Å². The van der Waals surface area contributed by atoms with Crippen molar-refractivity contribution in [3.63, 3.8) is 0 Å². The van der Waals surface area contributed by atoms with Gasteiger partial charge in [0.25, 0.3) is 0 Å². The molecule has 3 heteroatoms. The molecule has 0 radical (unpaired) electrons. The molecular weight excluding hydrogens is 253 g/mol. The fraction of sp³-hybridized carbons (Fsp3) is 0.294. The summed E-state index contributed by atoms with van der Waals surface area (Å²) in [5.74, 6) is 0.681. The van der Waals surface area contributed by atoms with Crippen LogP contribution >= 0.6 is 0 Å². The molecule has 0 spiro atoms.